The van der Waals surface area contributed by atoms with Gasteiger partial charge in [-0.1, -0.05) is 6.07 Å². The van der Waals surface area contributed by atoms with Gasteiger partial charge in [0.15, 0.2) is 11.5 Å². The highest BCUT2D eigenvalue weighted by molar-refractivity contribution is 5.44. The zero-order valence-corrected chi connectivity index (χ0v) is 12.5. The van der Waals surface area contributed by atoms with Crippen LogP contribution in [-0.2, 0) is 11.2 Å². The second-order valence-corrected chi connectivity index (χ2v) is 6.51. The molecule has 0 spiro atoms. The van der Waals surface area contributed by atoms with Crippen LogP contribution in [0.5, 0.6) is 11.5 Å². The molecule has 4 heteroatoms. The number of aryl methyl sites for hydroxylation is 1. The Labute approximate surface area is 125 Å². The zero-order chi connectivity index (χ0) is 14.2. The minimum absolute atomic E-state index is 0.348. The van der Waals surface area contributed by atoms with Crippen LogP contribution in [0.15, 0.2) is 18.2 Å². The minimum atomic E-state index is 0.348. The predicted octanol–water partition coefficient (Wildman–Crippen LogP) is 2.65. The number of ether oxygens (including phenoxy) is 3. The van der Waals surface area contributed by atoms with Crippen LogP contribution in [0.25, 0.3) is 0 Å². The van der Waals surface area contributed by atoms with Crippen LogP contribution in [0.4, 0.5) is 0 Å². The van der Waals surface area contributed by atoms with Crippen molar-refractivity contribution >= 4 is 0 Å². The summed E-state index contributed by atoms with van der Waals surface area (Å²) in [6.07, 6.45) is 6.86. The van der Waals surface area contributed by atoms with Gasteiger partial charge >= 0.3 is 0 Å². The number of hydrogen-bond donors (Lipinski definition) is 1. The van der Waals surface area contributed by atoms with Crippen molar-refractivity contribution in [2.24, 2.45) is 0 Å². The molecule has 2 saturated heterocycles. The van der Waals surface area contributed by atoms with E-state index in [2.05, 4.69) is 24.4 Å². The molecule has 3 aliphatic heterocycles. The lowest BCUT2D eigenvalue weighted by Gasteiger charge is -2.24. The highest BCUT2D eigenvalue weighted by atomic mass is 16.7. The average Bonchev–Trinajstić information content (AvgIpc) is 3.20. The predicted molar refractivity (Wildman–Crippen MR) is 79.8 cm³/mol. The van der Waals surface area contributed by atoms with Gasteiger partial charge in [0.1, 0.15) is 0 Å². The zero-order valence-electron chi connectivity index (χ0n) is 12.5. The highest BCUT2D eigenvalue weighted by Gasteiger charge is 2.40. The van der Waals surface area contributed by atoms with E-state index < -0.39 is 0 Å². The first-order chi connectivity index (χ1) is 10.3. The summed E-state index contributed by atoms with van der Waals surface area (Å²) in [4.78, 5) is 0. The maximum Gasteiger partial charge on any atom is 0.231 e. The first-order valence-corrected chi connectivity index (χ1v) is 8.08. The van der Waals surface area contributed by atoms with Gasteiger partial charge in [0.2, 0.25) is 6.79 Å². The molecule has 3 aliphatic rings. The molecule has 1 aromatic carbocycles. The van der Waals surface area contributed by atoms with Gasteiger partial charge in [0, 0.05) is 12.1 Å². The van der Waals surface area contributed by atoms with Crippen LogP contribution in [0, 0.1) is 0 Å². The first-order valence-electron chi connectivity index (χ1n) is 8.08. The summed E-state index contributed by atoms with van der Waals surface area (Å²) in [6.45, 7) is 2.62. The van der Waals surface area contributed by atoms with E-state index in [-0.39, 0.29) is 0 Å². The number of rotatable bonds is 5. The summed E-state index contributed by atoms with van der Waals surface area (Å²) in [7, 11) is 0. The fourth-order valence-corrected chi connectivity index (χ4v) is 3.74. The molecule has 0 aromatic heterocycles. The molecule has 4 nitrogen and oxygen atoms in total. The lowest BCUT2D eigenvalue weighted by Crippen LogP contribution is -2.42. The van der Waals surface area contributed by atoms with Crippen molar-refractivity contribution in [2.45, 2.75) is 63.3 Å². The van der Waals surface area contributed by atoms with Gasteiger partial charge in [0.25, 0.3) is 0 Å². The molecular weight excluding hydrogens is 266 g/mol. The molecular formula is C17H23NO3. The number of hydrogen-bond acceptors (Lipinski definition) is 4. The van der Waals surface area contributed by atoms with Gasteiger partial charge in [-0.05, 0) is 56.7 Å². The molecule has 114 valence electrons. The molecule has 4 atom stereocenters. The van der Waals surface area contributed by atoms with Gasteiger partial charge in [0.05, 0.1) is 12.2 Å². The number of fused-ring (bicyclic) bond motifs is 3. The number of benzene rings is 1. The van der Waals surface area contributed by atoms with Crippen LogP contribution in [0.2, 0.25) is 0 Å². The Morgan fingerprint density at radius 3 is 2.95 bits per heavy atom. The summed E-state index contributed by atoms with van der Waals surface area (Å²) < 4.78 is 16.7. The van der Waals surface area contributed by atoms with Crippen LogP contribution in [0.3, 0.4) is 0 Å². The van der Waals surface area contributed by atoms with E-state index in [1.54, 1.807) is 0 Å². The van der Waals surface area contributed by atoms with Crippen LogP contribution in [0.1, 0.15) is 38.2 Å². The van der Waals surface area contributed by atoms with Crippen molar-refractivity contribution in [2.75, 3.05) is 6.79 Å². The molecule has 4 unspecified atom stereocenters. The third kappa shape index (κ3) is 2.74. The fourth-order valence-electron chi connectivity index (χ4n) is 3.74. The van der Waals surface area contributed by atoms with E-state index in [1.807, 2.05) is 6.07 Å². The molecule has 0 saturated carbocycles. The topological polar surface area (TPSA) is 39.7 Å². The van der Waals surface area contributed by atoms with E-state index >= 15 is 0 Å². The molecule has 2 bridgehead atoms. The lowest BCUT2D eigenvalue weighted by atomic mass is 9.94. The third-order valence-corrected chi connectivity index (χ3v) is 4.91. The molecule has 1 aromatic rings. The minimum Gasteiger partial charge on any atom is -0.454 e. The van der Waals surface area contributed by atoms with E-state index in [1.165, 1.54) is 24.8 Å². The molecule has 1 N–H and O–H groups in total. The van der Waals surface area contributed by atoms with E-state index in [9.17, 15) is 0 Å². The van der Waals surface area contributed by atoms with Crippen molar-refractivity contribution in [3.8, 4) is 11.5 Å². The van der Waals surface area contributed by atoms with Gasteiger partial charge in [-0.15, -0.1) is 0 Å². The van der Waals surface area contributed by atoms with E-state index in [0.717, 1.165) is 24.3 Å². The second-order valence-electron chi connectivity index (χ2n) is 6.51. The van der Waals surface area contributed by atoms with Crippen molar-refractivity contribution in [3.05, 3.63) is 23.8 Å². The van der Waals surface area contributed by atoms with Crippen molar-refractivity contribution in [1.29, 1.82) is 0 Å². The summed E-state index contributed by atoms with van der Waals surface area (Å²) in [6, 6.07) is 7.34. The van der Waals surface area contributed by atoms with Gasteiger partial charge in [-0.2, -0.15) is 0 Å². The van der Waals surface area contributed by atoms with Gasteiger partial charge in [-0.25, -0.2) is 0 Å². The summed E-state index contributed by atoms with van der Waals surface area (Å²) >= 11 is 0. The lowest BCUT2D eigenvalue weighted by molar-refractivity contribution is 0.0961. The van der Waals surface area contributed by atoms with E-state index in [4.69, 9.17) is 14.2 Å². The SMILES string of the molecule is CC(CCc1ccc2c(c1)OCO2)NC1CC2CCC1O2. The Morgan fingerprint density at radius 2 is 2.14 bits per heavy atom. The third-order valence-electron chi connectivity index (χ3n) is 4.91. The van der Waals surface area contributed by atoms with Gasteiger partial charge < -0.3 is 19.5 Å². The van der Waals surface area contributed by atoms with Crippen LogP contribution in [-0.4, -0.2) is 31.1 Å². The molecule has 0 radical (unpaired) electrons. The monoisotopic (exact) mass is 289 g/mol. The van der Waals surface area contributed by atoms with Crippen molar-refractivity contribution in [3.63, 3.8) is 0 Å². The fraction of sp³-hybridized carbons (Fsp3) is 0.647. The first kappa shape index (κ1) is 13.4. The van der Waals surface area contributed by atoms with Crippen LogP contribution >= 0.6 is 0 Å². The summed E-state index contributed by atoms with van der Waals surface area (Å²) in [5.41, 5.74) is 1.32. The Morgan fingerprint density at radius 1 is 1.24 bits per heavy atom. The molecule has 3 heterocycles. The maximum absolute atomic E-state index is 5.91. The quantitative estimate of drug-likeness (QED) is 0.904. The summed E-state index contributed by atoms with van der Waals surface area (Å²) in [5, 5.41) is 3.75. The molecule has 2 fully saturated rings. The second kappa shape index (κ2) is 5.50. The molecule has 21 heavy (non-hydrogen) atoms. The Hall–Kier alpha value is -1.26. The largest absolute Gasteiger partial charge is 0.454 e. The van der Waals surface area contributed by atoms with Gasteiger partial charge in [-0.3, -0.25) is 0 Å². The maximum atomic E-state index is 5.91. The standard InChI is InChI=1S/C17H23NO3/c1-11(18-14-9-13-5-7-15(14)21-13)2-3-12-4-6-16-17(8-12)20-10-19-16/h4,6,8,11,13-15,18H,2-3,5,7,9-10H2,1H3. The Kier molecular flexibility index (Phi) is 3.51. The van der Waals surface area contributed by atoms with Crippen molar-refractivity contribution < 1.29 is 14.2 Å². The smallest absolute Gasteiger partial charge is 0.231 e. The van der Waals surface area contributed by atoms with Crippen LogP contribution < -0.4 is 14.8 Å². The molecule has 0 aliphatic carbocycles. The van der Waals surface area contributed by atoms with Crippen molar-refractivity contribution in [1.82, 2.24) is 5.32 Å². The van der Waals surface area contributed by atoms with E-state index in [0.29, 0.717) is 31.1 Å². The number of nitrogens with one attached hydrogen (secondary N) is 1. The Bertz CT molecular complexity index is 519. The molecule has 0 amide bonds. The molecule has 4 rings (SSSR count). The normalized spacial score (nSPS) is 30.8. The average molecular weight is 289 g/mol. The highest BCUT2D eigenvalue weighted by Crippen LogP contribution is 2.35. The summed E-state index contributed by atoms with van der Waals surface area (Å²) in [5.74, 6) is 1.75. The Balaban J connectivity index is 1.28.